The third-order valence-electron chi connectivity index (χ3n) is 4.71. The highest BCUT2D eigenvalue weighted by Gasteiger charge is 2.24. The van der Waals surface area contributed by atoms with Crippen LogP contribution in [0.25, 0.3) is 0 Å². The van der Waals surface area contributed by atoms with Crippen molar-refractivity contribution in [3.63, 3.8) is 0 Å². The zero-order chi connectivity index (χ0) is 18.5. The summed E-state index contributed by atoms with van der Waals surface area (Å²) in [4.78, 5) is 29.2. The van der Waals surface area contributed by atoms with Crippen LogP contribution in [-0.2, 0) is 9.53 Å². The summed E-state index contributed by atoms with van der Waals surface area (Å²) >= 11 is 0. The van der Waals surface area contributed by atoms with E-state index in [0.29, 0.717) is 43.2 Å². The molecule has 8 nitrogen and oxygen atoms in total. The highest BCUT2D eigenvalue weighted by atomic mass is 35.5. The maximum atomic E-state index is 12.8. The topological polar surface area (TPSA) is 83.1 Å². The van der Waals surface area contributed by atoms with Gasteiger partial charge in [0.1, 0.15) is 11.9 Å². The van der Waals surface area contributed by atoms with Gasteiger partial charge in [0, 0.05) is 44.8 Å². The fourth-order valence-corrected chi connectivity index (χ4v) is 3.08. The monoisotopic (exact) mass is 434 g/mol. The zero-order valence-corrected chi connectivity index (χ0v) is 17.7. The summed E-state index contributed by atoms with van der Waals surface area (Å²) in [6.45, 7) is 4.82. The number of anilines is 1. The van der Waals surface area contributed by atoms with Gasteiger partial charge in [-0.2, -0.15) is 0 Å². The molecule has 158 valence electrons. The van der Waals surface area contributed by atoms with E-state index in [1.54, 1.807) is 18.2 Å². The van der Waals surface area contributed by atoms with Crippen LogP contribution in [0.1, 0.15) is 10.4 Å². The Kier molecular flexibility index (Phi) is 9.98. The lowest BCUT2D eigenvalue weighted by molar-refractivity contribution is -0.128. The van der Waals surface area contributed by atoms with Crippen LogP contribution in [0.2, 0.25) is 0 Å². The fourth-order valence-electron chi connectivity index (χ4n) is 3.08. The number of piperazine rings is 1. The molecule has 2 N–H and O–H groups in total. The highest BCUT2D eigenvalue weighted by Crippen LogP contribution is 2.26. The number of methoxy groups -OCH3 is 1. The Balaban J connectivity index is 0.00000196. The summed E-state index contributed by atoms with van der Waals surface area (Å²) in [7, 11) is 3.58. The molecule has 2 aliphatic rings. The van der Waals surface area contributed by atoms with E-state index in [1.807, 2.05) is 11.9 Å². The summed E-state index contributed by atoms with van der Waals surface area (Å²) in [6.07, 6.45) is -0.551. The molecule has 3 rings (SSSR count). The van der Waals surface area contributed by atoms with E-state index in [0.717, 1.165) is 19.6 Å². The molecule has 1 unspecified atom stereocenters. The number of hydrogen-bond acceptors (Lipinski definition) is 6. The summed E-state index contributed by atoms with van der Waals surface area (Å²) in [5.74, 6) is 0.226. The number of nitrogens with one attached hydrogen (secondary N) is 2. The number of carbonyl (C=O) groups is 2. The highest BCUT2D eigenvalue weighted by molar-refractivity contribution is 5.99. The number of morpholine rings is 1. The first-order chi connectivity index (χ1) is 12.6. The third-order valence-corrected chi connectivity index (χ3v) is 4.71. The number of rotatable bonds is 4. The van der Waals surface area contributed by atoms with Crippen molar-refractivity contribution < 1.29 is 19.1 Å². The molecule has 2 heterocycles. The normalized spacial score (nSPS) is 19.8. The SMILES string of the molecule is COc1ccc(C(=O)N2CCN(C)CC2)cc1NC(=O)C1CNCCO1.Cl.Cl. The standard InChI is InChI=1S/C18H26N4O4.2ClH/c1-21-6-8-22(9-7-21)18(24)13-3-4-15(25-2)14(11-13)20-17(23)16-12-19-5-10-26-16;;/h3-4,11,16,19H,5-10,12H2,1-2H3,(H,20,23);2*1H. The van der Waals surface area contributed by atoms with Crippen molar-refractivity contribution in [1.82, 2.24) is 15.1 Å². The molecule has 0 bridgehead atoms. The number of carbonyl (C=O) groups excluding carboxylic acids is 2. The molecule has 0 radical (unpaired) electrons. The van der Waals surface area contributed by atoms with Gasteiger partial charge < -0.3 is 29.9 Å². The van der Waals surface area contributed by atoms with Crippen LogP contribution in [0.4, 0.5) is 5.69 Å². The second-order valence-electron chi connectivity index (χ2n) is 6.56. The van der Waals surface area contributed by atoms with Gasteiger partial charge in [0.05, 0.1) is 19.4 Å². The van der Waals surface area contributed by atoms with Crippen LogP contribution in [0, 0.1) is 0 Å². The molecular weight excluding hydrogens is 407 g/mol. The predicted octanol–water partition coefficient (Wildman–Crippen LogP) is 0.853. The van der Waals surface area contributed by atoms with Crippen molar-refractivity contribution in [3.05, 3.63) is 23.8 Å². The van der Waals surface area contributed by atoms with Gasteiger partial charge in [0.15, 0.2) is 0 Å². The van der Waals surface area contributed by atoms with Crippen LogP contribution in [-0.4, -0.2) is 87.8 Å². The molecule has 0 aliphatic carbocycles. The molecule has 28 heavy (non-hydrogen) atoms. The van der Waals surface area contributed by atoms with E-state index in [9.17, 15) is 9.59 Å². The minimum atomic E-state index is -0.551. The van der Waals surface area contributed by atoms with Gasteiger partial charge in [-0.1, -0.05) is 0 Å². The van der Waals surface area contributed by atoms with Gasteiger partial charge in [-0.3, -0.25) is 9.59 Å². The Labute approximate surface area is 177 Å². The first-order valence-electron chi connectivity index (χ1n) is 8.87. The quantitative estimate of drug-likeness (QED) is 0.730. The Morgan fingerprint density at radius 2 is 1.93 bits per heavy atom. The van der Waals surface area contributed by atoms with E-state index in [-0.39, 0.29) is 36.6 Å². The smallest absolute Gasteiger partial charge is 0.254 e. The number of nitrogens with zero attached hydrogens (tertiary/aromatic N) is 2. The molecule has 2 saturated heterocycles. The molecule has 10 heteroatoms. The molecule has 1 aromatic carbocycles. The molecule has 0 aromatic heterocycles. The van der Waals surface area contributed by atoms with Crippen molar-refractivity contribution >= 4 is 42.3 Å². The Morgan fingerprint density at radius 1 is 1.21 bits per heavy atom. The first kappa shape index (κ1) is 24.5. The largest absolute Gasteiger partial charge is 0.495 e. The number of halogens is 2. The van der Waals surface area contributed by atoms with E-state index >= 15 is 0 Å². The van der Waals surface area contributed by atoms with E-state index in [4.69, 9.17) is 9.47 Å². The van der Waals surface area contributed by atoms with Gasteiger partial charge in [0.25, 0.3) is 11.8 Å². The van der Waals surface area contributed by atoms with Gasteiger partial charge in [-0.15, -0.1) is 24.8 Å². The Bertz CT molecular complexity index is 663. The van der Waals surface area contributed by atoms with Crippen molar-refractivity contribution in [1.29, 1.82) is 0 Å². The lowest BCUT2D eigenvalue weighted by atomic mass is 10.1. The minimum absolute atomic E-state index is 0. The summed E-state index contributed by atoms with van der Waals surface area (Å²) in [5, 5.41) is 5.95. The van der Waals surface area contributed by atoms with Crippen molar-refractivity contribution in [2.24, 2.45) is 0 Å². The molecule has 1 atom stereocenters. The molecular formula is C18H28Cl2N4O4. The number of amides is 2. The maximum Gasteiger partial charge on any atom is 0.254 e. The van der Waals surface area contributed by atoms with Crippen LogP contribution in [0.5, 0.6) is 5.75 Å². The predicted molar refractivity (Wildman–Crippen MR) is 112 cm³/mol. The number of likely N-dealkylation sites (N-methyl/N-ethyl adjacent to an activating group) is 1. The van der Waals surface area contributed by atoms with Crippen LogP contribution < -0.4 is 15.4 Å². The van der Waals surface area contributed by atoms with Crippen LogP contribution in [0.3, 0.4) is 0 Å². The summed E-state index contributed by atoms with van der Waals surface area (Å²) in [5.41, 5.74) is 1.01. The average molecular weight is 435 g/mol. The van der Waals surface area contributed by atoms with E-state index < -0.39 is 6.10 Å². The van der Waals surface area contributed by atoms with Gasteiger partial charge in [0.2, 0.25) is 0 Å². The summed E-state index contributed by atoms with van der Waals surface area (Å²) < 4.78 is 10.8. The van der Waals surface area contributed by atoms with Crippen molar-refractivity contribution in [2.75, 3.05) is 65.3 Å². The van der Waals surface area contributed by atoms with Crippen molar-refractivity contribution in [3.8, 4) is 5.75 Å². The van der Waals surface area contributed by atoms with Crippen molar-refractivity contribution in [2.45, 2.75) is 6.10 Å². The Hall–Kier alpha value is -1.58. The molecule has 2 fully saturated rings. The molecule has 0 saturated carbocycles. The maximum absolute atomic E-state index is 12.8. The first-order valence-corrected chi connectivity index (χ1v) is 8.87. The minimum Gasteiger partial charge on any atom is -0.495 e. The number of benzene rings is 1. The van der Waals surface area contributed by atoms with E-state index in [2.05, 4.69) is 15.5 Å². The van der Waals surface area contributed by atoms with Gasteiger partial charge >= 0.3 is 0 Å². The molecule has 2 amide bonds. The molecule has 2 aliphatic heterocycles. The Morgan fingerprint density at radius 3 is 2.54 bits per heavy atom. The van der Waals surface area contributed by atoms with Crippen LogP contribution >= 0.6 is 24.8 Å². The molecule has 1 aromatic rings. The number of ether oxygens (including phenoxy) is 2. The van der Waals surface area contributed by atoms with Gasteiger partial charge in [-0.25, -0.2) is 0 Å². The average Bonchev–Trinajstić information content (AvgIpc) is 2.68. The molecule has 0 spiro atoms. The third kappa shape index (κ3) is 5.96. The second-order valence-corrected chi connectivity index (χ2v) is 6.56. The zero-order valence-electron chi connectivity index (χ0n) is 16.1. The summed E-state index contributed by atoms with van der Waals surface area (Å²) in [6, 6.07) is 5.11. The van der Waals surface area contributed by atoms with Gasteiger partial charge in [-0.05, 0) is 25.2 Å². The van der Waals surface area contributed by atoms with E-state index in [1.165, 1.54) is 7.11 Å². The van der Waals surface area contributed by atoms with Crippen LogP contribution in [0.15, 0.2) is 18.2 Å². The number of hydrogen-bond donors (Lipinski definition) is 2. The second kappa shape index (κ2) is 11.4. The lowest BCUT2D eigenvalue weighted by Crippen LogP contribution is -2.47. The lowest BCUT2D eigenvalue weighted by Gasteiger charge is -2.32. The fraction of sp³-hybridized carbons (Fsp3) is 0.556.